The molecule has 1 heterocycles. The second kappa shape index (κ2) is 30.4. The number of aliphatic carboxylic acids is 1. The highest BCUT2D eigenvalue weighted by Gasteiger charge is 2.16. The Morgan fingerprint density at radius 3 is 1.53 bits per heavy atom. The largest absolute Gasteiger partial charge is 0.489 e. The number of rotatable bonds is 31. The van der Waals surface area contributed by atoms with Crippen molar-refractivity contribution in [1.82, 2.24) is 15.0 Å². The van der Waals surface area contributed by atoms with Crippen LogP contribution < -0.4 is 25.7 Å². The van der Waals surface area contributed by atoms with Gasteiger partial charge in [0.15, 0.2) is 11.7 Å². The predicted molar refractivity (Wildman–Crippen MR) is 281 cm³/mol. The Morgan fingerprint density at radius 2 is 1.03 bits per heavy atom. The molecule has 0 aliphatic heterocycles. The third kappa shape index (κ3) is 20.3. The lowest BCUT2D eigenvalue weighted by molar-refractivity contribution is -0.136. The van der Waals surface area contributed by atoms with Crippen molar-refractivity contribution in [3.63, 3.8) is 0 Å². The first-order valence-corrected chi connectivity index (χ1v) is 25.4. The molecule has 0 atom stereocenters. The van der Waals surface area contributed by atoms with Crippen LogP contribution in [0.25, 0.3) is 0 Å². The maximum absolute atomic E-state index is 11.1. The number of hydrogen-bond donors (Lipinski definition) is 3. The van der Waals surface area contributed by atoms with Crippen molar-refractivity contribution in [3.8, 4) is 23.0 Å². The zero-order valence-corrected chi connectivity index (χ0v) is 46.2. The van der Waals surface area contributed by atoms with Crippen LogP contribution in [-0.2, 0) is 59.3 Å². The van der Waals surface area contributed by atoms with Crippen molar-refractivity contribution < 1.29 is 52.5 Å². The Labute approximate surface area is 441 Å². The highest BCUT2D eigenvalue weighted by molar-refractivity contribution is 14.1. The summed E-state index contributed by atoms with van der Waals surface area (Å²) in [4.78, 5) is 15.2. The first-order valence-electron chi connectivity index (χ1n) is 18.9. The number of benzene rings is 3. The number of halogens is 6. The number of nitrogens with two attached hydrogens (primary N) is 2. The fourth-order valence-electron chi connectivity index (χ4n) is 5.14. The molecule has 340 valence electrons. The van der Waals surface area contributed by atoms with E-state index in [9.17, 15) is 4.79 Å². The first-order chi connectivity index (χ1) is 29.9. The van der Waals surface area contributed by atoms with Crippen LogP contribution in [0.4, 0.5) is 0 Å². The summed E-state index contributed by atoms with van der Waals surface area (Å²) in [5, 5.41) is 17.4. The van der Waals surface area contributed by atoms with Crippen molar-refractivity contribution in [2.45, 2.75) is 26.1 Å². The zero-order valence-electron chi connectivity index (χ0n) is 33.3. The van der Waals surface area contributed by atoms with Gasteiger partial charge in [0.25, 0.3) is 0 Å². The minimum absolute atomic E-state index is 0.0417. The lowest BCUT2D eigenvalue weighted by Gasteiger charge is -2.15. The number of carboxylic acids is 1. The molecule has 0 unspecified atom stereocenters. The maximum Gasteiger partial charge on any atom is 0.307 e. The highest BCUT2D eigenvalue weighted by atomic mass is 127. The molecular weight excluding hydrogens is 1490 g/mol. The molecule has 23 heteroatoms. The molecule has 4 aromatic rings. The molecule has 0 amide bonds. The van der Waals surface area contributed by atoms with Gasteiger partial charge in [0, 0.05) is 0 Å². The smallest absolute Gasteiger partial charge is 0.307 e. The van der Waals surface area contributed by atoms with Gasteiger partial charge in [-0.25, -0.2) is 9.67 Å². The Kier molecular flexibility index (Phi) is 26.3. The maximum atomic E-state index is 11.1. The summed E-state index contributed by atoms with van der Waals surface area (Å²) >= 11 is 13.3. The molecule has 0 aliphatic rings. The highest BCUT2D eigenvalue weighted by Crippen LogP contribution is 2.38. The van der Waals surface area contributed by atoms with Crippen LogP contribution in [0, 0.1) is 21.4 Å². The Hall–Kier alpha value is -0.920. The van der Waals surface area contributed by atoms with Gasteiger partial charge in [-0.1, -0.05) is 5.21 Å². The molecule has 0 saturated heterocycles. The van der Waals surface area contributed by atoms with E-state index in [0.717, 1.165) is 49.7 Å². The fraction of sp³-hybridized carbons (Fsp3) is 0.436. The van der Waals surface area contributed by atoms with E-state index in [1.165, 1.54) is 0 Å². The van der Waals surface area contributed by atoms with Gasteiger partial charge < -0.3 is 59.2 Å². The van der Waals surface area contributed by atoms with Crippen LogP contribution in [0.5, 0.6) is 23.0 Å². The lowest BCUT2D eigenvalue weighted by Crippen LogP contribution is -2.22. The number of carboxylic acid groups (broad SMARTS) is 1. The summed E-state index contributed by atoms with van der Waals surface area (Å²) in [6.07, 6.45) is 1.64. The monoisotopic (exact) mass is 1540 g/mol. The standard InChI is InChI=1S/C39H46I6N6O11/c40-29-17-26(22-48-39(46)47)18-30(41)36(29)60-14-13-59-12-11-58-10-9-57-8-7-56-6-5-55-4-3-54-2-1-51-27(23-49-50-51)24-61-37-33(44)20-28(21-34(37)45)62-38-31(42)15-25(16-32(38)43)19-35(52)53/h15-18,20-21,23H,1-14,19,22,24H2,(H,52,53)(H4,46,47,48). The third-order valence-corrected chi connectivity index (χ3v) is 12.8. The Bertz CT molecular complexity index is 1970. The van der Waals surface area contributed by atoms with E-state index in [0.29, 0.717) is 110 Å². The van der Waals surface area contributed by atoms with Gasteiger partial charge in [-0.2, -0.15) is 0 Å². The topological polar surface area (TPSA) is 215 Å². The van der Waals surface area contributed by atoms with Gasteiger partial charge in [0.05, 0.1) is 132 Å². The van der Waals surface area contributed by atoms with Gasteiger partial charge in [-0.3, -0.25) is 4.79 Å². The molecule has 17 nitrogen and oxygen atoms in total. The fourth-order valence-corrected chi connectivity index (χ4v) is 11.5. The molecule has 5 N–H and O–H groups in total. The summed E-state index contributed by atoms with van der Waals surface area (Å²) < 4.78 is 59.1. The van der Waals surface area contributed by atoms with Crippen LogP contribution in [0.15, 0.2) is 47.6 Å². The quantitative estimate of drug-likeness (QED) is 0.0203. The summed E-state index contributed by atoms with van der Waals surface area (Å²) in [5.41, 5.74) is 13.4. The Morgan fingerprint density at radius 1 is 0.597 bits per heavy atom. The van der Waals surface area contributed by atoms with Crippen molar-refractivity contribution >= 4 is 147 Å². The second-order valence-electron chi connectivity index (χ2n) is 12.7. The molecule has 62 heavy (non-hydrogen) atoms. The van der Waals surface area contributed by atoms with Crippen molar-refractivity contribution in [2.75, 3.05) is 85.9 Å². The van der Waals surface area contributed by atoms with E-state index >= 15 is 0 Å². The van der Waals surface area contributed by atoms with Gasteiger partial charge in [0.2, 0.25) is 0 Å². The summed E-state index contributed by atoms with van der Waals surface area (Å²) in [7, 11) is 0. The minimum Gasteiger partial charge on any atom is -0.489 e. The average molecular weight is 1540 g/mol. The lowest BCUT2D eigenvalue weighted by atomic mass is 10.1. The Balaban J connectivity index is 0.959. The zero-order chi connectivity index (χ0) is 44.7. The molecule has 3 aromatic carbocycles. The van der Waals surface area contributed by atoms with E-state index in [1.807, 2.05) is 36.4 Å². The van der Waals surface area contributed by atoms with Crippen molar-refractivity contribution in [1.29, 1.82) is 0 Å². The van der Waals surface area contributed by atoms with E-state index < -0.39 is 5.97 Å². The number of guanidine groups is 1. The van der Waals surface area contributed by atoms with Crippen LogP contribution >= 0.6 is 136 Å². The number of carbonyl (C=O) groups is 1. The molecular formula is C39H46I6N6O11. The SMILES string of the molecule is NC(N)=NCc1cc(I)c(OCCOCCOCCOCCOCCOCCOCCn2nncc2COc2c(I)cc(Oc3c(I)cc(CC(=O)O)cc3I)cc2I)c(I)c1. The van der Waals surface area contributed by atoms with E-state index in [1.54, 1.807) is 10.9 Å². The van der Waals surface area contributed by atoms with Crippen LogP contribution in [0.1, 0.15) is 16.8 Å². The van der Waals surface area contributed by atoms with Crippen LogP contribution in [0.3, 0.4) is 0 Å². The molecule has 1 aromatic heterocycles. The molecule has 0 saturated carbocycles. The summed E-state index contributed by atoms with van der Waals surface area (Å²) in [5.74, 6) is 2.07. The van der Waals surface area contributed by atoms with Crippen molar-refractivity contribution in [3.05, 3.63) is 80.8 Å². The number of hydrogen-bond acceptors (Lipinski definition) is 13. The first kappa shape index (κ1) is 53.7. The number of ether oxygens (including phenoxy) is 9. The second-order valence-corrected chi connectivity index (χ2v) is 19.6. The van der Waals surface area contributed by atoms with Gasteiger partial charge in [-0.15, -0.1) is 5.10 Å². The van der Waals surface area contributed by atoms with Crippen LogP contribution in [-0.4, -0.2) is 118 Å². The van der Waals surface area contributed by atoms with E-state index in [4.69, 9.17) is 59.2 Å². The third-order valence-electron chi connectivity index (χ3n) is 7.95. The predicted octanol–water partition coefficient (Wildman–Crippen LogP) is 6.86. The van der Waals surface area contributed by atoms with Gasteiger partial charge in [0.1, 0.15) is 30.5 Å². The van der Waals surface area contributed by atoms with Gasteiger partial charge in [-0.05, 0) is 183 Å². The molecule has 0 bridgehead atoms. The number of aliphatic imine (C=N–C) groups is 1. The van der Waals surface area contributed by atoms with E-state index in [2.05, 4.69) is 151 Å². The van der Waals surface area contributed by atoms with Crippen molar-refractivity contribution in [2.24, 2.45) is 16.5 Å². The minimum atomic E-state index is -0.874. The molecule has 0 spiro atoms. The van der Waals surface area contributed by atoms with E-state index in [-0.39, 0.29) is 19.0 Å². The molecule has 0 fully saturated rings. The van der Waals surface area contributed by atoms with Crippen LogP contribution in [0.2, 0.25) is 0 Å². The summed E-state index contributed by atoms with van der Waals surface area (Å²) in [6, 6.07) is 11.5. The summed E-state index contributed by atoms with van der Waals surface area (Å²) in [6.45, 7) is 7.15. The number of nitrogens with zero attached hydrogens (tertiary/aromatic N) is 4. The molecule has 0 aliphatic carbocycles. The average Bonchev–Trinajstić information content (AvgIpc) is 3.66. The molecule has 0 radical (unpaired) electrons. The normalized spacial score (nSPS) is 11.2. The molecule has 4 rings (SSSR count). The van der Waals surface area contributed by atoms with Gasteiger partial charge >= 0.3 is 5.97 Å². The number of aromatic nitrogens is 3.